The molecule has 2 saturated heterocycles. The van der Waals surface area contributed by atoms with Crippen molar-refractivity contribution in [1.29, 1.82) is 5.41 Å². The molecule has 3 heterocycles. The predicted molar refractivity (Wildman–Crippen MR) is 459 cm³/mol. The van der Waals surface area contributed by atoms with Gasteiger partial charge in [-0.25, -0.2) is 4.79 Å². The largest absolute Gasteiger partial charge is 0.481 e. The normalized spacial score (nSPS) is 16.9. The second-order valence-electron chi connectivity index (χ2n) is 32.6. The third kappa shape index (κ3) is 33.1. The molecule has 3 aromatic carbocycles. The molecule has 13 amide bonds. The van der Waals surface area contributed by atoms with E-state index in [4.69, 9.17) is 28.3 Å². The topological polar surface area (TPSA) is 649 Å². The Hall–Kier alpha value is -12.2. The molecule has 2 aliphatic heterocycles. The number of carboxylic acids is 3. The van der Waals surface area contributed by atoms with Crippen molar-refractivity contribution in [2.24, 2.45) is 34.8 Å². The van der Waals surface area contributed by atoms with Crippen molar-refractivity contribution in [3.8, 4) is 0 Å². The van der Waals surface area contributed by atoms with Crippen LogP contribution in [0.2, 0.25) is 0 Å². The summed E-state index contributed by atoms with van der Waals surface area (Å²) >= 11 is 0. The first-order valence-electron chi connectivity index (χ1n) is 42.6. The highest BCUT2D eigenvalue weighted by molar-refractivity contribution is 6.01. The van der Waals surface area contributed by atoms with E-state index in [9.17, 15) is 78.0 Å². The van der Waals surface area contributed by atoms with Gasteiger partial charge < -0.3 is 122 Å². The van der Waals surface area contributed by atoms with Gasteiger partial charge in [-0.2, -0.15) is 0 Å². The minimum atomic E-state index is -1.84. The van der Waals surface area contributed by atoms with Gasteiger partial charge in [-0.3, -0.25) is 77.3 Å². The number of hydrogen-bond donors (Lipinski definition) is 22. The van der Waals surface area contributed by atoms with E-state index in [0.29, 0.717) is 66.1 Å². The SMILES string of the molecule is CC(C)C[C@H](NC(=O)[C@H](C)NC(=O)[C@@H]1CCCN1C(=O)[C@@H](N)CC(C)C)C(=O)N[C@@H](CC(=O)O)C(=O)N1CCC[C@H]1C(=O)N[C@@H](CCCCN)C(=O)N[C@@H](CCCNC(=N)N)C(=O)N[C@@H](Cc1c[nH]c2ccccc12)C(=O)N[C@@H](Cc1ccccc1)C(=O)N[C@@H](Cc1ccccc1)C(=O)N[C@@H](CCC(=O)O)C(=O)N[C@H](C(=O)N[C@@H](CCCCN)C(=O)O)[C@@H](C)O. The van der Waals surface area contributed by atoms with Crippen LogP contribution in [0, 0.1) is 17.2 Å². The van der Waals surface area contributed by atoms with Crippen LogP contribution >= 0.6 is 0 Å². The molecule has 2 aliphatic rings. The molecule has 15 atom stereocenters. The van der Waals surface area contributed by atoms with Gasteiger partial charge in [0.05, 0.1) is 18.6 Å². The molecule has 125 heavy (non-hydrogen) atoms. The van der Waals surface area contributed by atoms with E-state index in [1.807, 2.05) is 13.8 Å². The molecule has 1 aromatic heterocycles. The van der Waals surface area contributed by atoms with Gasteiger partial charge in [0, 0.05) is 62.4 Å². The zero-order chi connectivity index (χ0) is 92.1. The summed E-state index contributed by atoms with van der Waals surface area (Å²) < 4.78 is 0. The number of aromatic nitrogens is 1. The molecule has 0 bridgehead atoms. The number of nitrogens with zero attached hydrogens (tertiary/aromatic N) is 2. The van der Waals surface area contributed by atoms with Crippen LogP contribution in [-0.2, 0) is 96.0 Å². The Morgan fingerprint density at radius 2 is 0.896 bits per heavy atom. The number of likely N-dealkylation sites (tertiary alicyclic amines) is 2. The number of aliphatic carboxylic acids is 3. The minimum Gasteiger partial charge on any atom is -0.481 e. The number of fused-ring (bicyclic) bond motifs is 1. The Kier molecular flexibility index (Phi) is 41.6. The van der Waals surface area contributed by atoms with Gasteiger partial charge in [-0.05, 0) is 158 Å². The number of carbonyl (C=O) groups excluding carboxylic acids is 13. The second kappa shape index (κ2) is 51.2. The number of aromatic amines is 1. The van der Waals surface area contributed by atoms with E-state index in [1.165, 1.54) is 11.8 Å². The predicted octanol–water partition coefficient (Wildman–Crippen LogP) is -1.72. The van der Waals surface area contributed by atoms with Crippen LogP contribution in [0.5, 0.6) is 0 Å². The zero-order valence-electron chi connectivity index (χ0n) is 71.7. The molecule has 6 rings (SSSR count). The van der Waals surface area contributed by atoms with Crippen molar-refractivity contribution < 1.29 is 97.1 Å². The molecule has 2 fully saturated rings. The number of benzene rings is 3. The van der Waals surface area contributed by atoms with Gasteiger partial charge in [0.25, 0.3) is 0 Å². The number of nitrogens with two attached hydrogens (primary N) is 4. The Balaban J connectivity index is 1.27. The van der Waals surface area contributed by atoms with Crippen LogP contribution in [0.15, 0.2) is 91.1 Å². The van der Waals surface area contributed by atoms with Crippen molar-refractivity contribution in [1.82, 2.24) is 78.6 Å². The maximum absolute atomic E-state index is 15.5. The number of H-pyrrole nitrogens is 1. The van der Waals surface area contributed by atoms with Crippen LogP contribution < -0.4 is 86.7 Å². The molecule has 0 spiro atoms. The fourth-order valence-electron chi connectivity index (χ4n) is 14.9. The standard InChI is InChI=1S/C85H126N20O20/c1-47(2)40-55(88)82(122)104-38-20-31-66(104)79(119)93-49(5)71(111)98-61(41-48(3)4)75(115)102-65(45-69(109)110)83(123)105-39-21-32-67(105)80(120)96-57(28-15-17-35-86)72(112)94-58(30-19-37-91-85(89)90)73(113)101-64(44-53-46-92-56-27-14-13-26-54(53)56)78(118)100-63(43-52-24-11-8-12-25-52)77(117)99-62(42-51-22-9-7-10-23-51)76(116)95-59(33-34-68(107)108)74(114)103-70(50(6)106)81(121)97-60(84(124)125)29-16-18-36-87/h7-14,22-27,46-50,55,57-67,70,92,106H,15-21,28-45,86-88H2,1-6H3,(H,93,119)(H,94,112)(H,95,116)(H,96,120)(H,97,121)(H,98,111)(H,99,117)(H,100,118)(H,101,113)(H,102,115)(H,103,114)(H,107,108)(H,109,110)(H,124,125)(H4,89,90,91)/t49-,50+,55-,57-,58-,59-,60-,61-,62-,63-,64-,65-,66-,67-,70-/m0/s1. The number of carboxylic acid groups (broad SMARTS) is 3. The third-order valence-corrected chi connectivity index (χ3v) is 21.5. The lowest BCUT2D eigenvalue weighted by molar-refractivity contribution is -0.146. The summed E-state index contributed by atoms with van der Waals surface area (Å²) in [5.41, 5.74) is 25.4. The Morgan fingerprint density at radius 3 is 1.40 bits per heavy atom. The number of guanidine groups is 1. The molecule has 40 nitrogen and oxygen atoms in total. The van der Waals surface area contributed by atoms with Crippen LogP contribution in [0.3, 0.4) is 0 Å². The molecule has 0 unspecified atom stereocenters. The van der Waals surface area contributed by atoms with Gasteiger partial charge in [-0.15, -0.1) is 0 Å². The number of rotatable bonds is 53. The number of carbonyl (C=O) groups is 16. The number of hydrogen-bond acceptors (Lipinski definition) is 21. The highest BCUT2D eigenvalue weighted by atomic mass is 16.4. The number of para-hydroxylation sites is 1. The summed E-state index contributed by atoms with van der Waals surface area (Å²) in [4.78, 5) is 231. The van der Waals surface area contributed by atoms with E-state index in [0.717, 1.165) is 11.8 Å². The first kappa shape index (κ1) is 102. The fraction of sp³-hybridized carbons (Fsp3) is 0.565. The van der Waals surface area contributed by atoms with Crippen molar-refractivity contribution in [3.63, 3.8) is 0 Å². The van der Waals surface area contributed by atoms with Crippen molar-refractivity contribution >= 4 is 112 Å². The van der Waals surface area contributed by atoms with Gasteiger partial charge in [0.2, 0.25) is 76.8 Å². The molecule has 686 valence electrons. The first-order chi connectivity index (χ1) is 59.4. The monoisotopic (exact) mass is 1750 g/mol. The maximum Gasteiger partial charge on any atom is 0.326 e. The van der Waals surface area contributed by atoms with Gasteiger partial charge in [0.15, 0.2) is 5.96 Å². The van der Waals surface area contributed by atoms with E-state index in [-0.39, 0.29) is 115 Å². The first-order valence-corrected chi connectivity index (χ1v) is 42.6. The van der Waals surface area contributed by atoms with Crippen molar-refractivity contribution in [3.05, 3.63) is 108 Å². The van der Waals surface area contributed by atoms with E-state index >= 15 is 19.2 Å². The highest BCUT2D eigenvalue weighted by Crippen LogP contribution is 2.25. The summed E-state index contributed by atoms with van der Waals surface area (Å²) in [5, 5.41) is 80.4. The number of nitrogens with one attached hydrogen (secondary N) is 14. The smallest absolute Gasteiger partial charge is 0.326 e. The Bertz CT molecular complexity index is 4340. The molecule has 26 N–H and O–H groups in total. The average molecular weight is 1750 g/mol. The Labute approximate surface area is 725 Å². The molecule has 0 saturated carbocycles. The molecule has 0 radical (unpaired) electrons. The maximum atomic E-state index is 15.5. The molecule has 40 heteroatoms. The zero-order valence-corrected chi connectivity index (χ0v) is 71.7. The summed E-state index contributed by atoms with van der Waals surface area (Å²) in [6.07, 6.45) is -0.960. The van der Waals surface area contributed by atoms with Crippen LogP contribution in [-0.4, -0.2) is 259 Å². The Morgan fingerprint density at radius 1 is 0.464 bits per heavy atom. The van der Waals surface area contributed by atoms with Crippen LogP contribution in [0.1, 0.15) is 167 Å². The summed E-state index contributed by atoms with van der Waals surface area (Å²) in [6.45, 7) is 10.4. The van der Waals surface area contributed by atoms with E-state index < -0.39 is 211 Å². The van der Waals surface area contributed by atoms with Crippen LogP contribution in [0.25, 0.3) is 10.9 Å². The van der Waals surface area contributed by atoms with E-state index in [1.54, 1.807) is 105 Å². The van der Waals surface area contributed by atoms with Crippen molar-refractivity contribution in [2.75, 3.05) is 32.7 Å². The molecular weight excluding hydrogens is 1620 g/mol. The number of amides is 13. The number of unbranched alkanes of at least 4 members (excludes halogenated alkanes) is 2. The third-order valence-electron chi connectivity index (χ3n) is 21.5. The van der Waals surface area contributed by atoms with Gasteiger partial charge in [-0.1, -0.05) is 107 Å². The van der Waals surface area contributed by atoms with Crippen molar-refractivity contribution in [2.45, 2.75) is 261 Å². The molecule has 0 aliphatic carbocycles. The number of aliphatic hydroxyl groups excluding tert-OH is 1. The highest BCUT2D eigenvalue weighted by Gasteiger charge is 2.44. The lowest BCUT2D eigenvalue weighted by Gasteiger charge is -2.31. The number of aliphatic hydroxyl groups is 1. The van der Waals surface area contributed by atoms with Crippen LogP contribution in [0.4, 0.5) is 0 Å². The summed E-state index contributed by atoms with van der Waals surface area (Å²) in [6, 6.07) is 2.94. The van der Waals surface area contributed by atoms with Gasteiger partial charge in [0.1, 0.15) is 78.5 Å². The fourth-order valence-corrected chi connectivity index (χ4v) is 14.9. The molecule has 4 aromatic rings. The minimum absolute atomic E-state index is 0.00780. The average Bonchev–Trinajstić information content (AvgIpc) is 1.69. The quantitative estimate of drug-likeness (QED) is 0.0133. The van der Waals surface area contributed by atoms with Gasteiger partial charge >= 0.3 is 17.9 Å². The molecular formula is C85H126N20O20. The summed E-state index contributed by atoms with van der Waals surface area (Å²) in [7, 11) is 0. The lowest BCUT2D eigenvalue weighted by Crippen LogP contribution is -2.62. The second-order valence-corrected chi connectivity index (χ2v) is 32.6. The van der Waals surface area contributed by atoms with E-state index in [2.05, 4.69) is 68.8 Å². The lowest BCUT2D eigenvalue weighted by atomic mass is 10.00. The summed E-state index contributed by atoms with van der Waals surface area (Å²) in [5.74, 6) is -16.8.